The Morgan fingerprint density at radius 3 is 2.61 bits per heavy atom. The monoisotopic (exact) mass is 320 g/mol. The summed E-state index contributed by atoms with van der Waals surface area (Å²) in [4.78, 5) is 25.5. The molecule has 1 aromatic rings. The highest BCUT2D eigenvalue weighted by Crippen LogP contribution is 2.37. The first-order valence-corrected chi connectivity index (χ1v) is 7.94. The van der Waals surface area contributed by atoms with Crippen molar-refractivity contribution in [1.29, 1.82) is 0 Å². The van der Waals surface area contributed by atoms with E-state index < -0.39 is 11.9 Å². The Kier molecular flexibility index (Phi) is 5.98. The van der Waals surface area contributed by atoms with Gasteiger partial charge in [-0.15, -0.1) is 0 Å². The number of carboxylic acids is 1. The highest BCUT2D eigenvalue weighted by Gasteiger charge is 2.40. The molecule has 1 aliphatic heterocycles. The maximum atomic E-state index is 12.0. The van der Waals surface area contributed by atoms with E-state index >= 15 is 0 Å². The molecule has 0 aromatic heterocycles. The van der Waals surface area contributed by atoms with Gasteiger partial charge in [0.15, 0.2) is 0 Å². The first-order valence-electron chi connectivity index (χ1n) is 7.94. The van der Waals surface area contributed by atoms with Crippen LogP contribution in [0, 0.1) is 5.92 Å². The van der Waals surface area contributed by atoms with Gasteiger partial charge in [0.25, 0.3) is 0 Å². The second-order valence-corrected chi connectivity index (χ2v) is 5.77. The predicted molar refractivity (Wildman–Crippen MR) is 86.4 cm³/mol. The fourth-order valence-corrected chi connectivity index (χ4v) is 3.04. The minimum Gasteiger partial charge on any atom is -0.497 e. The molecule has 2 unspecified atom stereocenters. The molecule has 0 saturated carbocycles. The molecule has 2 N–H and O–H groups in total. The van der Waals surface area contributed by atoms with Crippen molar-refractivity contribution in [2.75, 3.05) is 26.7 Å². The Labute approximate surface area is 136 Å². The van der Waals surface area contributed by atoms with Gasteiger partial charge in [0, 0.05) is 19.1 Å². The maximum absolute atomic E-state index is 12.0. The van der Waals surface area contributed by atoms with Gasteiger partial charge in [0.2, 0.25) is 5.91 Å². The Morgan fingerprint density at radius 2 is 2.04 bits per heavy atom. The molecule has 0 radical (unpaired) electrons. The molecule has 0 spiro atoms. The van der Waals surface area contributed by atoms with Crippen LogP contribution >= 0.6 is 0 Å². The number of carboxylic acid groups (broad SMARTS) is 1. The van der Waals surface area contributed by atoms with Crippen LogP contribution in [0.3, 0.4) is 0 Å². The average Bonchev–Trinajstić information content (AvgIpc) is 2.96. The van der Waals surface area contributed by atoms with Gasteiger partial charge in [-0.25, -0.2) is 0 Å². The number of ether oxygens (including phenoxy) is 1. The Hall–Kier alpha value is -2.08. The molecular formula is C17H24N2O4. The predicted octanol–water partition coefficient (Wildman–Crippen LogP) is 1.67. The topological polar surface area (TPSA) is 78.9 Å². The van der Waals surface area contributed by atoms with Crippen molar-refractivity contribution < 1.29 is 19.4 Å². The number of nitrogens with one attached hydrogen (secondary N) is 1. The summed E-state index contributed by atoms with van der Waals surface area (Å²) in [5.41, 5.74) is 0.902. The van der Waals surface area contributed by atoms with E-state index in [-0.39, 0.29) is 18.5 Å². The zero-order valence-corrected chi connectivity index (χ0v) is 13.6. The molecule has 126 valence electrons. The average molecular weight is 320 g/mol. The number of methoxy groups -OCH3 is 1. The fourth-order valence-electron chi connectivity index (χ4n) is 3.04. The van der Waals surface area contributed by atoms with Gasteiger partial charge in [-0.05, 0) is 30.5 Å². The Bertz CT molecular complexity index is 544. The molecule has 2 atom stereocenters. The molecule has 1 saturated heterocycles. The minimum atomic E-state index is -0.817. The van der Waals surface area contributed by atoms with Crippen LogP contribution in [0.5, 0.6) is 5.75 Å². The van der Waals surface area contributed by atoms with E-state index in [1.807, 2.05) is 36.1 Å². The SMILES string of the molecule is CCCNC(=O)CN1CCC(C(=O)O)C1c1ccc(OC)cc1. The smallest absolute Gasteiger partial charge is 0.308 e. The number of nitrogens with zero attached hydrogens (tertiary/aromatic N) is 1. The molecule has 6 nitrogen and oxygen atoms in total. The quantitative estimate of drug-likeness (QED) is 0.799. The van der Waals surface area contributed by atoms with E-state index in [1.165, 1.54) is 0 Å². The highest BCUT2D eigenvalue weighted by molar-refractivity contribution is 5.78. The number of hydrogen-bond acceptors (Lipinski definition) is 4. The van der Waals surface area contributed by atoms with E-state index in [4.69, 9.17) is 4.74 Å². The second kappa shape index (κ2) is 7.97. The van der Waals surface area contributed by atoms with Crippen molar-refractivity contribution in [2.24, 2.45) is 5.92 Å². The number of aliphatic carboxylic acids is 1. The molecule has 1 aromatic carbocycles. The molecule has 2 rings (SSSR count). The van der Waals surface area contributed by atoms with E-state index in [0.29, 0.717) is 19.5 Å². The fraction of sp³-hybridized carbons (Fsp3) is 0.529. The van der Waals surface area contributed by atoms with E-state index in [9.17, 15) is 14.7 Å². The number of rotatable bonds is 7. The third-order valence-corrected chi connectivity index (χ3v) is 4.20. The molecule has 23 heavy (non-hydrogen) atoms. The van der Waals surface area contributed by atoms with Gasteiger partial charge in [-0.3, -0.25) is 14.5 Å². The van der Waals surface area contributed by atoms with Gasteiger partial charge < -0.3 is 15.2 Å². The second-order valence-electron chi connectivity index (χ2n) is 5.77. The van der Waals surface area contributed by atoms with Crippen LogP contribution in [0.1, 0.15) is 31.4 Å². The van der Waals surface area contributed by atoms with Crippen molar-refractivity contribution in [3.8, 4) is 5.75 Å². The van der Waals surface area contributed by atoms with Gasteiger partial charge in [0.05, 0.1) is 19.6 Å². The lowest BCUT2D eigenvalue weighted by Gasteiger charge is -2.26. The third-order valence-electron chi connectivity index (χ3n) is 4.20. The summed E-state index contributed by atoms with van der Waals surface area (Å²) in [6.45, 7) is 3.46. The number of carbonyl (C=O) groups excluding carboxylic acids is 1. The molecule has 1 fully saturated rings. The molecular weight excluding hydrogens is 296 g/mol. The zero-order chi connectivity index (χ0) is 16.8. The number of hydrogen-bond donors (Lipinski definition) is 2. The first kappa shape index (κ1) is 17.3. The van der Waals surface area contributed by atoms with E-state index in [2.05, 4.69) is 5.32 Å². The van der Waals surface area contributed by atoms with Crippen LogP contribution in [0.15, 0.2) is 24.3 Å². The summed E-state index contributed by atoms with van der Waals surface area (Å²) in [7, 11) is 1.59. The zero-order valence-electron chi connectivity index (χ0n) is 13.6. The van der Waals surface area contributed by atoms with Gasteiger partial charge in [-0.1, -0.05) is 19.1 Å². The van der Waals surface area contributed by atoms with Crippen LogP contribution in [0.2, 0.25) is 0 Å². The number of amides is 1. The molecule has 0 bridgehead atoms. The third kappa shape index (κ3) is 4.22. The summed E-state index contributed by atoms with van der Waals surface area (Å²) in [6, 6.07) is 7.11. The van der Waals surface area contributed by atoms with Crippen molar-refractivity contribution in [3.05, 3.63) is 29.8 Å². The normalized spacial score (nSPS) is 21.1. The summed E-state index contributed by atoms with van der Waals surface area (Å²) < 4.78 is 5.15. The largest absolute Gasteiger partial charge is 0.497 e. The van der Waals surface area contributed by atoms with E-state index in [1.54, 1.807) is 7.11 Å². The van der Waals surface area contributed by atoms with Crippen molar-refractivity contribution in [2.45, 2.75) is 25.8 Å². The van der Waals surface area contributed by atoms with Gasteiger partial charge in [-0.2, -0.15) is 0 Å². The Morgan fingerprint density at radius 1 is 1.35 bits per heavy atom. The molecule has 1 aliphatic rings. The van der Waals surface area contributed by atoms with Crippen LogP contribution in [-0.2, 0) is 9.59 Å². The standard InChI is InChI=1S/C17H24N2O4/c1-3-9-18-15(20)11-19-10-8-14(17(21)22)16(19)12-4-6-13(23-2)7-5-12/h4-7,14,16H,3,8-11H2,1-2H3,(H,18,20)(H,21,22). The van der Waals surface area contributed by atoms with Crippen molar-refractivity contribution in [3.63, 3.8) is 0 Å². The molecule has 6 heteroatoms. The summed E-state index contributed by atoms with van der Waals surface area (Å²) >= 11 is 0. The van der Waals surface area contributed by atoms with Gasteiger partial charge >= 0.3 is 5.97 Å². The van der Waals surface area contributed by atoms with Crippen molar-refractivity contribution >= 4 is 11.9 Å². The van der Waals surface area contributed by atoms with Crippen LogP contribution in [0.4, 0.5) is 0 Å². The van der Waals surface area contributed by atoms with Crippen LogP contribution < -0.4 is 10.1 Å². The number of carbonyl (C=O) groups is 2. The summed E-state index contributed by atoms with van der Waals surface area (Å²) in [6.07, 6.45) is 1.43. The number of benzene rings is 1. The lowest BCUT2D eigenvalue weighted by atomic mass is 9.93. The van der Waals surface area contributed by atoms with Gasteiger partial charge in [0.1, 0.15) is 5.75 Å². The molecule has 0 aliphatic carbocycles. The maximum Gasteiger partial charge on any atom is 0.308 e. The number of likely N-dealkylation sites (tertiary alicyclic amines) is 1. The summed E-state index contributed by atoms with van der Waals surface area (Å²) in [5.74, 6) is -0.646. The van der Waals surface area contributed by atoms with Crippen LogP contribution in [-0.4, -0.2) is 48.6 Å². The van der Waals surface area contributed by atoms with Crippen molar-refractivity contribution in [1.82, 2.24) is 10.2 Å². The summed E-state index contributed by atoms with van der Waals surface area (Å²) in [5, 5.41) is 12.3. The van der Waals surface area contributed by atoms with Crippen LogP contribution in [0.25, 0.3) is 0 Å². The van der Waals surface area contributed by atoms with E-state index in [0.717, 1.165) is 17.7 Å². The lowest BCUT2D eigenvalue weighted by Crippen LogP contribution is -2.38. The lowest BCUT2D eigenvalue weighted by molar-refractivity contribution is -0.143. The highest BCUT2D eigenvalue weighted by atomic mass is 16.5. The minimum absolute atomic E-state index is 0.0589. The first-order chi connectivity index (χ1) is 11.1. The molecule has 1 heterocycles. The molecule has 1 amide bonds. The Balaban J connectivity index is 2.16.